The van der Waals surface area contributed by atoms with Crippen molar-refractivity contribution in [2.45, 2.75) is 58.8 Å². The van der Waals surface area contributed by atoms with E-state index in [1.54, 1.807) is 14.1 Å². The summed E-state index contributed by atoms with van der Waals surface area (Å²) >= 11 is 9.72. The highest BCUT2D eigenvalue weighted by atomic mass is 32.1. The number of carbonyl (C=O) groups excluding carboxylic acids is 2. The molecule has 0 aromatic carbocycles. The van der Waals surface area contributed by atoms with Crippen molar-refractivity contribution in [2.75, 3.05) is 27.3 Å². The first kappa shape index (κ1) is 23.3. The minimum Gasteiger partial charge on any atom is -0.466 e. The van der Waals surface area contributed by atoms with Gasteiger partial charge in [-0.25, -0.2) is 3.89 Å². The molecule has 0 saturated carbocycles. The number of ether oxygens (including phenoxy) is 2. The van der Waals surface area contributed by atoms with Gasteiger partial charge >= 0.3 is 11.9 Å². The Morgan fingerprint density at radius 1 is 1.00 bits per heavy atom. The van der Waals surface area contributed by atoms with Crippen molar-refractivity contribution in [1.82, 2.24) is 0 Å². The normalized spacial score (nSPS) is 12.5. The fourth-order valence-electron chi connectivity index (χ4n) is 2.04. The van der Waals surface area contributed by atoms with Gasteiger partial charge in [0, 0.05) is 0 Å². The lowest BCUT2D eigenvalue weighted by atomic mass is 10.1. The summed E-state index contributed by atoms with van der Waals surface area (Å²) in [5, 5.41) is 0. The van der Waals surface area contributed by atoms with Gasteiger partial charge in [-0.1, -0.05) is 39.5 Å². The van der Waals surface area contributed by atoms with Gasteiger partial charge in [-0.2, -0.15) is 0 Å². The topological polar surface area (TPSA) is 52.6 Å². The molecule has 0 spiro atoms. The molecule has 0 radical (unpaired) electrons. The lowest BCUT2D eigenvalue weighted by Crippen LogP contribution is -2.43. The number of nitrogens with zero attached hydrogens (tertiary/aromatic N) is 1. The quantitative estimate of drug-likeness (QED) is 0.184. The molecule has 5 nitrogen and oxygen atoms in total. The van der Waals surface area contributed by atoms with Crippen LogP contribution in [-0.2, 0) is 19.1 Å². The van der Waals surface area contributed by atoms with Gasteiger partial charge in [-0.15, -0.1) is 0 Å². The van der Waals surface area contributed by atoms with Gasteiger partial charge in [0.05, 0.1) is 46.5 Å². The zero-order chi connectivity index (χ0) is 18.6. The molecule has 1 unspecified atom stereocenters. The minimum absolute atomic E-state index is 0.0210. The van der Waals surface area contributed by atoms with Crippen molar-refractivity contribution in [3.8, 4) is 0 Å². The number of thiocarbonyl (C=S) groups is 1. The monoisotopic (exact) mass is 378 g/mol. The SMILES string of the molecule is CCCCCOC(=O)CC(C(=O)OCCCCC)C(=S)[N+](C)(C)S. The molecule has 7 heteroatoms. The predicted molar refractivity (Wildman–Crippen MR) is 103 cm³/mol. The molecule has 1 atom stereocenters. The number of carbonyl (C=O) groups is 2. The molecule has 0 heterocycles. The Morgan fingerprint density at radius 3 is 1.96 bits per heavy atom. The Bertz CT molecular complexity index is 408. The number of hydrogen-bond acceptors (Lipinski definition) is 6. The summed E-state index contributed by atoms with van der Waals surface area (Å²) in [7, 11) is 3.49. The highest BCUT2D eigenvalue weighted by molar-refractivity contribution is 7.82. The molecule has 0 aliphatic heterocycles. The molecular weight excluding hydrogens is 346 g/mol. The van der Waals surface area contributed by atoms with Gasteiger partial charge in [0.25, 0.3) is 0 Å². The molecule has 0 fully saturated rings. The van der Waals surface area contributed by atoms with E-state index in [9.17, 15) is 9.59 Å². The molecular formula is C17H32NO4S2+. The Kier molecular flexibility index (Phi) is 12.3. The van der Waals surface area contributed by atoms with Gasteiger partial charge in [0.2, 0.25) is 0 Å². The second-order valence-electron chi connectivity index (χ2n) is 6.29. The van der Waals surface area contributed by atoms with Crippen molar-refractivity contribution in [3.63, 3.8) is 0 Å². The lowest BCUT2D eigenvalue weighted by molar-refractivity contribution is -0.642. The zero-order valence-electron chi connectivity index (χ0n) is 15.4. The van der Waals surface area contributed by atoms with Gasteiger partial charge in [0.15, 0.2) is 10.9 Å². The van der Waals surface area contributed by atoms with Crippen LogP contribution in [0.2, 0.25) is 0 Å². The number of esters is 2. The summed E-state index contributed by atoms with van der Waals surface area (Å²) in [6.45, 7) is 4.88. The highest BCUT2D eigenvalue weighted by Crippen LogP contribution is 2.19. The van der Waals surface area contributed by atoms with Crippen LogP contribution >= 0.6 is 25.0 Å². The number of unbranched alkanes of at least 4 members (excludes halogenated alkanes) is 4. The average Bonchev–Trinajstić information content (AvgIpc) is 2.51. The van der Waals surface area contributed by atoms with Crippen LogP contribution < -0.4 is 0 Å². The highest BCUT2D eigenvalue weighted by Gasteiger charge is 2.37. The largest absolute Gasteiger partial charge is 0.466 e. The van der Waals surface area contributed by atoms with E-state index in [-0.39, 0.29) is 10.3 Å². The fraction of sp³-hybridized carbons (Fsp3) is 0.824. The molecule has 0 aromatic rings. The third-order valence-corrected chi connectivity index (χ3v) is 4.59. The van der Waals surface area contributed by atoms with E-state index in [4.69, 9.17) is 21.7 Å². The van der Waals surface area contributed by atoms with E-state index in [2.05, 4.69) is 26.7 Å². The smallest absolute Gasteiger partial charge is 0.320 e. The summed E-state index contributed by atoms with van der Waals surface area (Å²) in [5.41, 5.74) is 0. The van der Waals surface area contributed by atoms with Gasteiger partial charge in [-0.05, 0) is 25.1 Å². The van der Waals surface area contributed by atoms with E-state index in [0.29, 0.717) is 18.2 Å². The molecule has 0 bridgehead atoms. The van der Waals surface area contributed by atoms with Crippen LogP contribution in [0.15, 0.2) is 0 Å². The maximum Gasteiger partial charge on any atom is 0.320 e. The molecule has 0 N–H and O–H groups in total. The molecule has 0 amide bonds. The third-order valence-electron chi connectivity index (χ3n) is 3.50. The minimum atomic E-state index is -0.812. The van der Waals surface area contributed by atoms with Gasteiger partial charge < -0.3 is 9.47 Å². The molecule has 24 heavy (non-hydrogen) atoms. The summed E-state index contributed by atoms with van der Waals surface area (Å²) < 4.78 is 10.5. The van der Waals surface area contributed by atoms with Crippen molar-refractivity contribution in [1.29, 1.82) is 0 Å². The maximum atomic E-state index is 12.3. The summed E-state index contributed by atoms with van der Waals surface area (Å²) in [5.74, 6) is -1.71. The lowest BCUT2D eigenvalue weighted by Gasteiger charge is -2.25. The van der Waals surface area contributed by atoms with Crippen molar-refractivity contribution in [3.05, 3.63) is 0 Å². The first-order valence-corrected chi connectivity index (χ1v) is 9.48. The van der Waals surface area contributed by atoms with Crippen molar-refractivity contribution >= 4 is 42.0 Å². The zero-order valence-corrected chi connectivity index (χ0v) is 17.1. The van der Waals surface area contributed by atoms with Crippen LogP contribution in [0.5, 0.6) is 0 Å². The standard InChI is InChI=1S/C17H32NO4S2/c1-5-7-9-11-21-15(19)13-14(16(23)18(3,4)24)17(20)22-12-10-8-6-2/h14,24H,5-13H2,1-4H3/q+1. The average molecular weight is 379 g/mol. The number of rotatable bonds is 12. The summed E-state index contributed by atoms with van der Waals surface area (Å²) in [6, 6.07) is 0. The van der Waals surface area contributed by atoms with Crippen LogP contribution in [0.25, 0.3) is 0 Å². The Balaban J connectivity index is 4.67. The Hall–Kier alpha value is -0.660. The van der Waals surface area contributed by atoms with Crippen LogP contribution in [0.3, 0.4) is 0 Å². The van der Waals surface area contributed by atoms with Crippen LogP contribution in [0.1, 0.15) is 58.8 Å². The van der Waals surface area contributed by atoms with E-state index in [1.165, 1.54) is 0 Å². The van der Waals surface area contributed by atoms with Crippen molar-refractivity contribution in [2.24, 2.45) is 5.92 Å². The molecule has 140 valence electrons. The van der Waals surface area contributed by atoms with Crippen LogP contribution in [0, 0.1) is 5.92 Å². The molecule has 0 aliphatic carbocycles. The Morgan fingerprint density at radius 2 is 1.50 bits per heavy atom. The number of quaternary nitrogens is 1. The predicted octanol–water partition coefficient (Wildman–Crippen LogP) is 3.71. The van der Waals surface area contributed by atoms with Crippen molar-refractivity contribution < 1.29 is 23.0 Å². The second-order valence-corrected chi connectivity index (χ2v) is 7.71. The molecule has 0 aliphatic rings. The van der Waals surface area contributed by atoms with Crippen LogP contribution in [0.4, 0.5) is 0 Å². The van der Waals surface area contributed by atoms with Gasteiger partial charge in [0.1, 0.15) is 0 Å². The third kappa shape index (κ3) is 10.3. The van der Waals surface area contributed by atoms with E-state index in [1.807, 2.05) is 0 Å². The van der Waals surface area contributed by atoms with Crippen LogP contribution in [-0.4, -0.2) is 48.1 Å². The fourth-order valence-corrected chi connectivity index (χ4v) is 2.36. The second kappa shape index (κ2) is 12.7. The molecule has 0 saturated heterocycles. The summed E-state index contributed by atoms with van der Waals surface area (Å²) in [6.07, 6.45) is 5.64. The number of hydrogen-bond donors (Lipinski definition) is 1. The first-order valence-electron chi connectivity index (χ1n) is 8.67. The Labute approximate surface area is 157 Å². The van der Waals surface area contributed by atoms with E-state index < -0.39 is 17.9 Å². The molecule has 0 aromatic heterocycles. The van der Waals surface area contributed by atoms with Gasteiger partial charge in [-0.3, -0.25) is 9.59 Å². The van der Waals surface area contributed by atoms with E-state index >= 15 is 0 Å². The maximum absolute atomic E-state index is 12.3. The number of thiol groups is 1. The summed E-state index contributed by atoms with van der Waals surface area (Å²) in [4.78, 5) is 24.7. The first-order chi connectivity index (χ1) is 11.2. The van der Waals surface area contributed by atoms with E-state index in [0.717, 1.165) is 38.5 Å². The molecule has 0 rings (SSSR count).